The summed E-state index contributed by atoms with van der Waals surface area (Å²) < 4.78 is 41.7. The summed E-state index contributed by atoms with van der Waals surface area (Å²) in [7, 11) is 1.67. The van der Waals surface area contributed by atoms with Gasteiger partial charge in [-0.3, -0.25) is 9.36 Å². The van der Waals surface area contributed by atoms with Gasteiger partial charge in [0.05, 0.1) is 5.75 Å². The predicted molar refractivity (Wildman–Crippen MR) is 120 cm³/mol. The van der Waals surface area contributed by atoms with Gasteiger partial charge in [-0.05, 0) is 66.2 Å². The van der Waals surface area contributed by atoms with Gasteiger partial charge in [0.2, 0.25) is 5.91 Å². The van der Waals surface area contributed by atoms with Gasteiger partial charge in [-0.25, -0.2) is 13.2 Å². The molecule has 1 heterocycles. The summed E-state index contributed by atoms with van der Waals surface area (Å²) in [5.74, 6) is -0.726. The van der Waals surface area contributed by atoms with Crippen molar-refractivity contribution in [2.75, 3.05) is 12.8 Å². The lowest BCUT2D eigenvalue weighted by atomic mass is 10.2. The van der Waals surface area contributed by atoms with Gasteiger partial charge in [-0.2, -0.15) is 0 Å². The SMILES string of the molecule is CN(Cc1ccc(F)cc1)C(=O)CSc1nnc(-c2ccc(F)cc2)n1-c1ccc(F)cc1. The first kappa shape index (κ1) is 22.6. The smallest absolute Gasteiger partial charge is 0.233 e. The third-order valence-corrected chi connectivity index (χ3v) is 5.82. The van der Waals surface area contributed by atoms with Crippen LogP contribution in [-0.2, 0) is 11.3 Å². The number of rotatable bonds is 7. The van der Waals surface area contributed by atoms with E-state index < -0.39 is 0 Å². The van der Waals surface area contributed by atoms with E-state index in [1.165, 1.54) is 48.2 Å². The van der Waals surface area contributed by atoms with E-state index in [2.05, 4.69) is 10.2 Å². The van der Waals surface area contributed by atoms with Gasteiger partial charge in [-0.1, -0.05) is 23.9 Å². The third kappa shape index (κ3) is 5.43. The summed E-state index contributed by atoms with van der Waals surface area (Å²) in [5.41, 5.74) is 2.04. The average Bonchev–Trinajstić information content (AvgIpc) is 3.24. The Morgan fingerprint density at radius 2 is 1.39 bits per heavy atom. The van der Waals surface area contributed by atoms with E-state index in [1.54, 1.807) is 52.9 Å². The maximum Gasteiger partial charge on any atom is 0.233 e. The normalized spacial score (nSPS) is 10.9. The van der Waals surface area contributed by atoms with Crippen LogP contribution >= 0.6 is 11.8 Å². The van der Waals surface area contributed by atoms with Crippen molar-refractivity contribution in [3.63, 3.8) is 0 Å². The van der Waals surface area contributed by atoms with E-state index in [0.717, 1.165) is 5.56 Å². The van der Waals surface area contributed by atoms with Crippen molar-refractivity contribution >= 4 is 17.7 Å². The predicted octanol–water partition coefficient (Wildman–Crippen LogP) is 5.10. The topological polar surface area (TPSA) is 51.0 Å². The zero-order valence-corrected chi connectivity index (χ0v) is 18.4. The molecule has 0 aliphatic rings. The van der Waals surface area contributed by atoms with Crippen molar-refractivity contribution in [1.29, 1.82) is 0 Å². The highest BCUT2D eigenvalue weighted by Gasteiger charge is 2.19. The van der Waals surface area contributed by atoms with E-state index in [1.807, 2.05) is 0 Å². The lowest BCUT2D eigenvalue weighted by Gasteiger charge is -2.17. The molecule has 4 rings (SSSR count). The minimum atomic E-state index is -0.387. The van der Waals surface area contributed by atoms with Crippen LogP contribution in [0.1, 0.15) is 5.56 Å². The number of hydrogen-bond donors (Lipinski definition) is 0. The van der Waals surface area contributed by atoms with Crippen molar-refractivity contribution in [3.8, 4) is 17.1 Å². The largest absolute Gasteiger partial charge is 0.341 e. The summed E-state index contributed by atoms with van der Waals surface area (Å²) in [6, 6.07) is 17.6. The van der Waals surface area contributed by atoms with Gasteiger partial charge < -0.3 is 4.90 Å². The van der Waals surface area contributed by atoms with E-state index in [0.29, 0.717) is 28.8 Å². The van der Waals surface area contributed by atoms with Crippen LogP contribution in [-0.4, -0.2) is 38.4 Å². The fraction of sp³-hybridized carbons (Fsp3) is 0.125. The van der Waals surface area contributed by atoms with Crippen LogP contribution in [0, 0.1) is 17.5 Å². The number of amides is 1. The van der Waals surface area contributed by atoms with Crippen molar-refractivity contribution in [2.24, 2.45) is 0 Å². The highest BCUT2D eigenvalue weighted by molar-refractivity contribution is 7.99. The molecular weight excluding hydrogens is 449 g/mol. The zero-order chi connectivity index (χ0) is 23.4. The maximum atomic E-state index is 13.5. The molecule has 0 radical (unpaired) electrons. The number of carbonyl (C=O) groups excluding carboxylic acids is 1. The Morgan fingerprint density at radius 3 is 2.00 bits per heavy atom. The molecule has 168 valence electrons. The molecule has 0 N–H and O–H groups in total. The number of aromatic nitrogens is 3. The summed E-state index contributed by atoms with van der Waals surface area (Å²) in [6.45, 7) is 0.338. The van der Waals surface area contributed by atoms with Gasteiger partial charge in [0, 0.05) is 24.8 Å². The highest BCUT2D eigenvalue weighted by atomic mass is 32.2. The molecule has 0 atom stereocenters. The Hall–Kier alpha value is -3.59. The Balaban J connectivity index is 1.55. The summed E-state index contributed by atoms with van der Waals surface area (Å²) in [4.78, 5) is 14.2. The lowest BCUT2D eigenvalue weighted by molar-refractivity contribution is -0.127. The van der Waals surface area contributed by atoms with Crippen molar-refractivity contribution in [3.05, 3.63) is 95.8 Å². The minimum Gasteiger partial charge on any atom is -0.341 e. The third-order valence-electron chi connectivity index (χ3n) is 4.90. The fourth-order valence-corrected chi connectivity index (χ4v) is 4.05. The van der Waals surface area contributed by atoms with Crippen LogP contribution in [0.25, 0.3) is 17.1 Å². The Labute approximate surface area is 192 Å². The Kier molecular flexibility index (Phi) is 6.79. The van der Waals surface area contributed by atoms with Crippen molar-refractivity contribution in [2.45, 2.75) is 11.7 Å². The number of thioether (sulfide) groups is 1. The molecule has 9 heteroatoms. The first-order valence-electron chi connectivity index (χ1n) is 9.99. The van der Waals surface area contributed by atoms with Crippen LogP contribution in [0.3, 0.4) is 0 Å². The van der Waals surface area contributed by atoms with Gasteiger partial charge in [0.1, 0.15) is 17.5 Å². The number of halogens is 3. The first-order valence-corrected chi connectivity index (χ1v) is 11.0. The molecular formula is C24H19F3N4OS. The molecule has 1 amide bonds. The lowest BCUT2D eigenvalue weighted by Crippen LogP contribution is -2.27. The quantitative estimate of drug-likeness (QED) is 0.354. The van der Waals surface area contributed by atoms with E-state index in [4.69, 9.17) is 0 Å². The van der Waals surface area contributed by atoms with E-state index in [-0.39, 0.29) is 29.1 Å². The molecule has 1 aromatic heterocycles. The Bertz CT molecular complexity index is 1240. The number of benzene rings is 3. The number of hydrogen-bond acceptors (Lipinski definition) is 4. The second-order valence-corrected chi connectivity index (χ2v) is 8.23. The standard InChI is InChI=1S/C24H19F3N4OS/c1-30(14-16-2-6-18(25)7-3-16)22(32)15-33-24-29-28-23(17-4-8-19(26)9-5-17)31(24)21-12-10-20(27)11-13-21/h2-13H,14-15H2,1H3. The summed E-state index contributed by atoms with van der Waals surface area (Å²) in [6.07, 6.45) is 0. The van der Waals surface area contributed by atoms with Crippen LogP contribution in [0.2, 0.25) is 0 Å². The molecule has 3 aromatic carbocycles. The second kappa shape index (κ2) is 9.91. The molecule has 0 unspecified atom stereocenters. The molecule has 0 fully saturated rings. The van der Waals surface area contributed by atoms with Crippen molar-refractivity contribution in [1.82, 2.24) is 19.7 Å². The number of carbonyl (C=O) groups is 1. The van der Waals surface area contributed by atoms with Gasteiger partial charge in [0.25, 0.3) is 0 Å². The fourth-order valence-electron chi connectivity index (χ4n) is 3.16. The molecule has 5 nitrogen and oxygen atoms in total. The first-order chi connectivity index (χ1) is 15.9. The molecule has 33 heavy (non-hydrogen) atoms. The van der Waals surface area contributed by atoms with Crippen molar-refractivity contribution < 1.29 is 18.0 Å². The summed E-state index contributed by atoms with van der Waals surface area (Å²) >= 11 is 1.18. The second-order valence-electron chi connectivity index (χ2n) is 7.29. The van der Waals surface area contributed by atoms with Crippen LogP contribution in [0.5, 0.6) is 0 Å². The number of nitrogens with zero attached hydrogens (tertiary/aromatic N) is 4. The average molecular weight is 469 g/mol. The van der Waals surface area contributed by atoms with Gasteiger partial charge in [-0.15, -0.1) is 10.2 Å². The maximum absolute atomic E-state index is 13.5. The van der Waals surface area contributed by atoms with Gasteiger partial charge in [0.15, 0.2) is 11.0 Å². The molecule has 0 saturated carbocycles. The molecule has 4 aromatic rings. The van der Waals surface area contributed by atoms with Crippen LogP contribution in [0.15, 0.2) is 78.0 Å². The minimum absolute atomic E-state index is 0.0838. The molecule has 0 spiro atoms. The molecule has 0 saturated heterocycles. The van der Waals surface area contributed by atoms with E-state index in [9.17, 15) is 18.0 Å². The zero-order valence-electron chi connectivity index (χ0n) is 17.6. The Morgan fingerprint density at radius 1 is 0.848 bits per heavy atom. The highest BCUT2D eigenvalue weighted by Crippen LogP contribution is 2.28. The summed E-state index contributed by atoms with van der Waals surface area (Å²) in [5, 5.41) is 8.88. The van der Waals surface area contributed by atoms with E-state index >= 15 is 0 Å². The molecule has 0 aliphatic heterocycles. The monoisotopic (exact) mass is 468 g/mol. The van der Waals surface area contributed by atoms with Gasteiger partial charge >= 0.3 is 0 Å². The molecule has 0 bridgehead atoms. The van der Waals surface area contributed by atoms with Crippen LogP contribution in [0.4, 0.5) is 13.2 Å². The molecule has 0 aliphatic carbocycles. The van der Waals surface area contributed by atoms with Crippen LogP contribution < -0.4 is 0 Å².